The molecular weight excluding hydrogens is 330 g/mol. The van der Waals surface area contributed by atoms with Crippen molar-refractivity contribution in [2.45, 2.75) is 0 Å². The first-order valence-corrected chi connectivity index (χ1v) is 6.77. The minimum Gasteiger partial charge on any atom is -0.505 e. The fraction of sp³-hybridized carbons (Fsp3) is 0.0667. The molecule has 8 heteroatoms. The van der Waals surface area contributed by atoms with Crippen LogP contribution in [0.3, 0.4) is 0 Å². The van der Waals surface area contributed by atoms with E-state index in [2.05, 4.69) is 10.6 Å². The Balaban J connectivity index is 1.99. The second-order valence-electron chi connectivity index (χ2n) is 4.47. The van der Waals surface area contributed by atoms with E-state index in [-0.39, 0.29) is 16.3 Å². The minimum absolute atomic E-state index is 0.0954. The van der Waals surface area contributed by atoms with Gasteiger partial charge in [0.15, 0.2) is 11.6 Å². The molecule has 0 fully saturated rings. The van der Waals surface area contributed by atoms with Gasteiger partial charge in [0, 0.05) is 0 Å². The summed E-state index contributed by atoms with van der Waals surface area (Å²) < 4.78 is 27.1. The number of rotatable bonds is 4. The zero-order valence-electron chi connectivity index (χ0n) is 11.6. The summed E-state index contributed by atoms with van der Waals surface area (Å²) >= 11 is 5.73. The van der Waals surface area contributed by atoms with Crippen LogP contribution in [0.1, 0.15) is 10.4 Å². The van der Waals surface area contributed by atoms with Gasteiger partial charge in [-0.05, 0) is 24.3 Å². The van der Waals surface area contributed by atoms with Crippen molar-refractivity contribution >= 4 is 29.1 Å². The van der Waals surface area contributed by atoms with Gasteiger partial charge in [-0.25, -0.2) is 8.78 Å². The van der Waals surface area contributed by atoms with Gasteiger partial charge in [0.1, 0.15) is 5.82 Å². The van der Waals surface area contributed by atoms with Crippen molar-refractivity contribution in [2.75, 3.05) is 11.9 Å². The molecule has 0 radical (unpaired) electrons. The first-order valence-electron chi connectivity index (χ1n) is 6.39. The quantitative estimate of drug-likeness (QED) is 0.800. The van der Waals surface area contributed by atoms with Crippen LogP contribution in [-0.2, 0) is 4.79 Å². The lowest BCUT2D eigenvalue weighted by molar-refractivity contribution is -0.115. The van der Waals surface area contributed by atoms with Crippen LogP contribution in [0.4, 0.5) is 14.5 Å². The summed E-state index contributed by atoms with van der Waals surface area (Å²) in [4.78, 5) is 23.5. The van der Waals surface area contributed by atoms with Crippen molar-refractivity contribution in [1.82, 2.24) is 5.32 Å². The highest BCUT2D eigenvalue weighted by Crippen LogP contribution is 2.22. The van der Waals surface area contributed by atoms with E-state index in [0.29, 0.717) is 0 Å². The lowest BCUT2D eigenvalue weighted by atomic mass is 10.2. The van der Waals surface area contributed by atoms with Gasteiger partial charge < -0.3 is 15.7 Å². The summed E-state index contributed by atoms with van der Waals surface area (Å²) in [5.41, 5.74) is -0.626. The van der Waals surface area contributed by atoms with Crippen molar-refractivity contribution in [3.63, 3.8) is 0 Å². The molecule has 0 saturated heterocycles. The van der Waals surface area contributed by atoms with Crippen LogP contribution < -0.4 is 10.6 Å². The van der Waals surface area contributed by atoms with Crippen molar-refractivity contribution in [1.29, 1.82) is 0 Å². The summed E-state index contributed by atoms with van der Waals surface area (Å²) in [6, 6.07) is 7.43. The third-order valence-electron chi connectivity index (χ3n) is 2.85. The summed E-state index contributed by atoms with van der Waals surface area (Å²) in [6.07, 6.45) is 0. The molecule has 2 amide bonds. The van der Waals surface area contributed by atoms with E-state index in [1.807, 2.05) is 0 Å². The van der Waals surface area contributed by atoms with Gasteiger partial charge in [-0.3, -0.25) is 9.59 Å². The van der Waals surface area contributed by atoms with Gasteiger partial charge in [-0.15, -0.1) is 0 Å². The van der Waals surface area contributed by atoms with Crippen molar-refractivity contribution in [2.24, 2.45) is 0 Å². The highest BCUT2D eigenvalue weighted by molar-refractivity contribution is 6.33. The number of benzene rings is 2. The van der Waals surface area contributed by atoms with E-state index in [1.165, 1.54) is 24.3 Å². The molecule has 2 rings (SSSR count). The van der Waals surface area contributed by atoms with Crippen LogP contribution in [0, 0.1) is 11.6 Å². The molecule has 2 aromatic rings. The molecule has 3 N–H and O–H groups in total. The number of amides is 2. The molecule has 0 aliphatic heterocycles. The standard InChI is InChI=1S/C15H11ClF2N2O3/c16-8-3-1-4-9(17)13(8)15(23)19-7-12(22)20-10-5-2-6-11(21)14(10)18/h1-6,21H,7H2,(H,19,23)(H,20,22). The zero-order chi connectivity index (χ0) is 17.0. The van der Waals surface area contributed by atoms with Gasteiger partial charge in [-0.1, -0.05) is 23.7 Å². The third-order valence-corrected chi connectivity index (χ3v) is 3.17. The Morgan fingerprint density at radius 1 is 1.13 bits per heavy atom. The topological polar surface area (TPSA) is 78.4 Å². The summed E-state index contributed by atoms with van der Waals surface area (Å²) in [6.45, 7) is -0.529. The van der Waals surface area contributed by atoms with Crippen molar-refractivity contribution in [3.05, 3.63) is 58.6 Å². The highest BCUT2D eigenvalue weighted by Gasteiger charge is 2.17. The normalized spacial score (nSPS) is 10.2. The van der Waals surface area contributed by atoms with Crippen LogP contribution in [0.2, 0.25) is 5.02 Å². The van der Waals surface area contributed by atoms with E-state index in [4.69, 9.17) is 11.6 Å². The summed E-state index contributed by atoms with van der Waals surface area (Å²) in [5.74, 6) is -4.07. The Hall–Kier alpha value is -2.67. The number of aromatic hydroxyl groups is 1. The Bertz CT molecular complexity index is 748. The second-order valence-corrected chi connectivity index (χ2v) is 4.87. The number of hydrogen-bond acceptors (Lipinski definition) is 3. The fourth-order valence-corrected chi connectivity index (χ4v) is 2.02. The van der Waals surface area contributed by atoms with Crippen molar-refractivity contribution < 1.29 is 23.5 Å². The van der Waals surface area contributed by atoms with Crippen LogP contribution in [0.5, 0.6) is 5.75 Å². The minimum atomic E-state index is -0.996. The zero-order valence-corrected chi connectivity index (χ0v) is 12.3. The molecule has 0 bridgehead atoms. The van der Waals surface area contributed by atoms with Gasteiger partial charge in [0.2, 0.25) is 5.91 Å². The van der Waals surface area contributed by atoms with Crippen LogP contribution in [0.15, 0.2) is 36.4 Å². The molecule has 120 valence electrons. The Kier molecular flexibility index (Phi) is 5.13. The van der Waals surface area contributed by atoms with E-state index in [9.17, 15) is 23.5 Å². The maximum Gasteiger partial charge on any atom is 0.256 e. The van der Waals surface area contributed by atoms with Crippen LogP contribution >= 0.6 is 11.6 Å². The first kappa shape index (κ1) is 16.7. The van der Waals surface area contributed by atoms with E-state index in [1.54, 1.807) is 0 Å². The maximum atomic E-state index is 13.5. The molecular formula is C15H11ClF2N2O3. The van der Waals surface area contributed by atoms with E-state index < -0.39 is 35.7 Å². The molecule has 0 atom stereocenters. The lowest BCUT2D eigenvalue weighted by Crippen LogP contribution is -2.33. The Morgan fingerprint density at radius 2 is 1.83 bits per heavy atom. The van der Waals surface area contributed by atoms with Crippen molar-refractivity contribution in [3.8, 4) is 5.75 Å². The molecule has 0 unspecified atom stereocenters. The summed E-state index contributed by atoms with van der Waals surface area (Å²) in [7, 11) is 0. The summed E-state index contributed by atoms with van der Waals surface area (Å²) in [5, 5.41) is 13.4. The molecule has 0 aromatic heterocycles. The van der Waals surface area contributed by atoms with Crippen LogP contribution in [-0.4, -0.2) is 23.5 Å². The van der Waals surface area contributed by atoms with E-state index >= 15 is 0 Å². The SMILES string of the molecule is O=C(CNC(=O)c1c(F)cccc1Cl)Nc1cccc(O)c1F. The van der Waals surface area contributed by atoms with E-state index in [0.717, 1.165) is 12.1 Å². The van der Waals surface area contributed by atoms with Gasteiger partial charge in [0.05, 0.1) is 22.8 Å². The van der Waals surface area contributed by atoms with Gasteiger partial charge in [-0.2, -0.15) is 0 Å². The molecule has 2 aromatic carbocycles. The number of hydrogen-bond donors (Lipinski definition) is 3. The number of carbonyl (C=O) groups excluding carboxylic acids is 2. The third kappa shape index (κ3) is 3.95. The number of carbonyl (C=O) groups is 2. The monoisotopic (exact) mass is 340 g/mol. The molecule has 0 aliphatic rings. The first-order chi connectivity index (χ1) is 10.9. The second kappa shape index (κ2) is 7.06. The number of phenolic OH excluding ortho intramolecular Hbond substituents is 1. The van der Waals surface area contributed by atoms with Gasteiger partial charge >= 0.3 is 0 Å². The lowest BCUT2D eigenvalue weighted by Gasteiger charge is -2.09. The molecule has 0 heterocycles. The highest BCUT2D eigenvalue weighted by atomic mass is 35.5. The number of anilines is 1. The largest absolute Gasteiger partial charge is 0.505 e. The predicted octanol–water partition coefficient (Wildman–Crippen LogP) is 2.69. The van der Waals surface area contributed by atoms with Gasteiger partial charge in [0.25, 0.3) is 5.91 Å². The average Bonchev–Trinajstić information content (AvgIpc) is 2.49. The predicted molar refractivity (Wildman–Crippen MR) is 80.4 cm³/mol. The molecule has 0 aliphatic carbocycles. The fourth-order valence-electron chi connectivity index (χ4n) is 1.77. The molecule has 23 heavy (non-hydrogen) atoms. The molecule has 5 nitrogen and oxygen atoms in total. The smallest absolute Gasteiger partial charge is 0.256 e. The Labute approximate surface area is 134 Å². The average molecular weight is 341 g/mol. The number of halogens is 3. The van der Waals surface area contributed by atoms with Crippen LogP contribution in [0.25, 0.3) is 0 Å². The molecule has 0 spiro atoms. The number of phenols is 1. The Morgan fingerprint density at radius 3 is 2.52 bits per heavy atom. The molecule has 0 saturated carbocycles. The number of nitrogens with one attached hydrogen (secondary N) is 2. The maximum absolute atomic E-state index is 13.5.